The Kier molecular flexibility index (Phi) is 8.31. The number of hydrogen-bond acceptors (Lipinski definition) is 3. The largest absolute Gasteiger partial charge is 0.309 e. The molecule has 5 heteroatoms. The first-order valence-corrected chi connectivity index (χ1v) is 20.5. The van der Waals surface area contributed by atoms with Gasteiger partial charge in [-0.1, -0.05) is 166 Å². The molecule has 0 saturated heterocycles. The van der Waals surface area contributed by atoms with E-state index in [9.17, 15) is 0 Å². The summed E-state index contributed by atoms with van der Waals surface area (Å²) in [5.74, 6) is 1.86. The molecule has 0 unspecified atom stereocenters. The number of hydrogen-bond donors (Lipinski definition) is 0. The molecular formula is C55H41N5. The first-order chi connectivity index (χ1) is 29.4. The van der Waals surface area contributed by atoms with E-state index in [1.807, 2.05) is 36.4 Å². The molecular weight excluding hydrogens is 731 g/mol. The van der Waals surface area contributed by atoms with Crippen LogP contribution in [-0.4, -0.2) is 24.1 Å². The SMILES string of the molecule is CC(C)(C)c1ccc2c3ccccc3n(-c3ccc(-c4ccc5c6ccccc6n(-c6ccccc6)c5c4)cc3-c3nc(-c4ccccc4)nc(-c4ccccc4)n3)c2c1. The Labute approximate surface area is 348 Å². The van der Waals surface area contributed by atoms with Crippen molar-refractivity contribution in [3.63, 3.8) is 0 Å². The van der Waals surface area contributed by atoms with Gasteiger partial charge in [0.25, 0.3) is 0 Å². The number of nitrogens with zero attached hydrogens (tertiary/aromatic N) is 5. The van der Waals surface area contributed by atoms with E-state index in [1.165, 1.54) is 32.6 Å². The van der Waals surface area contributed by atoms with Gasteiger partial charge in [0.2, 0.25) is 0 Å². The van der Waals surface area contributed by atoms with E-state index in [1.54, 1.807) is 0 Å². The summed E-state index contributed by atoms with van der Waals surface area (Å²) < 4.78 is 4.78. The van der Waals surface area contributed by atoms with Crippen molar-refractivity contribution in [3.8, 4) is 56.7 Å². The predicted molar refractivity (Wildman–Crippen MR) is 249 cm³/mol. The summed E-state index contributed by atoms with van der Waals surface area (Å²) in [6.07, 6.45) is 0. The molecule has 0 atom stereocenters. The molecule has 0 spiro atoms. The molecule has 0 bridgehead atoms. The van der Waals surface area contributed by atoms with Crippen LogP contribution in [0.4, 0.5) is 0 Å². The minimum absolute atomic E-state index is 0.0353. The van der Waals surface area contributed by atoms with Crippen LogP contribution < -0.4 is 0 Å². The minimum atomic E-state index is -0.0353. The second kappa shape index (κ2) is 14.0. The highest BCUT2D eigenvalue weighted by Gasteiger charge is 2.23. The van der Waals surface area contributed by atoms with Crippen molar-refractivity contribution in [3.05, 3.63) is 200 Å². The summed E-state index contributed by atoms with van der Waals surface area (Å²) in [7, 11) is 0. The third-order valence-corrected chi connectivity index (χ3v) is 11.7. The van der Waals surface area contributed by atoms with Crippen molar-refractivity contribution in [1.82, 2.24) is 24.1 Å². The average Bonchev–Trinajstić information content (AvgIpc) is 3.81. The summed E-state index contributed by atoms with van der Waals surface area (Å²) in [5, 5.41) is 4.85. The van der Waals surface area contributed by atoms with Crippen molar-refractivity contribution in [1.29, 1.82) is 0 Å². The van der Waals surface area contributed by atoms with Crippen LogP contribution in [0.5, 0.6) is 0 Å². The lowest BCUT2D eigenvalue weighted by Crippen LogP contribution is -2.11. The lowest BCUT2D eigenvalue weighted by atomic mass is 9.86. The highest BCUT2D eigenvalue weighted by molar-refractivity contribution is 6.11. The first-order valence-electron chi connectivity index (χ1n) is 20.5. The Bertz CT molecular complexity index is 3330. The highest BCUT2D eigenvalue weighted by Crippen LogP contribution is 2.41. The van der Waals surface area contributed by atoms with Crippen molar-refractivity contribution >= 4 is 43.6 Å². The van der Waals surface area contributed by atoms with E-state index in [0.717, 1.165) is 55.7 Å². The fourth-order valence-electron chi connectivity index (χ4n) is 8.72. The van der Waals surface area contributed by atoms with Gasteiger partial charge in [0.1, 0.15) is 0 Å². The van der Waals surface area contributed by atoms with Gasteiger partial charge in [-0.05, 0) is 70.6 Å². The van der Waals surface area contributed by atoms with Crippen LogP contribution in [0.2, 0.25) is 0 Å². The molecule has 0 aliphatic rings. The molecule has 286 valence electrons. The zero-order chi connectivity index (χ0) is 40.4. The fraction of sp³-hybridized carbons (Fsp3) is 0.0727. The molecule has 0 aliphatic carbocycles. The molecule has 8 aromatic carbocycles. The molecule has 0 amide bonds. The first kappa shape index (κ1) is 35.5. The summed E-state index contributed by atoms with van der Waals surface area (Å²) in [5.41, 5.74) is 12.9. The number of rotatable bonds is 6. The normalized spacial score (nSPS) is 11.9. The van der Waals surface area contributed by atoms with E-state index in [0.29, 0.717) is 17.5 Å². The number of fused-ring (bicyclic) bond motifs is 6. The molecule has 5 nitrogen and oxygen atoms in total. The van der Waals surface area contributed by atoms with Gasteiger partial charge in [-0.2, -0.15) is 0 Å². The molecule has 3 aromatic heterocycles. The quantitative estimate of drug-likeness (QED) is 0.169. The van der Waals surface area contributed by atoms with Gasteiger partial charge in [-0.25, -0.2) is 15.0 Å². The standard InChI is InChI=1S/C55H41N5/c1-55(2,3)40-29-31-45-43-24-14-16-26-48(43)60(51(45)35-40)49-32-28-38(39-27-30-44-42-23-13-15-25-47(42)59(50(44)34-39)41-21-11-6-12-22-41)33-46(49)54-57-52(36-17-7-4-8-18-36)56-53(58-54)37-19-9-5-10-20-37/h4-35H,1-3H3. The molecule has 0 N–H and O–H groups in total. The number of aromatic nitrogens is 5. The van der Waals surface area contributed by atoms with Crippen molar-refractivity contribution in [2.45, 2.75) is 26.2 Å². The van der Waals surface area contributed by atoms with Gasteiger partial charge in [0.15, 0.2) is 17.5 Å². The van der Waals surface area contributed by atoms with E-state index < -0.39 is 0 Å². The molecule has 3 heterocycles. The molecule has 0 saturated carbocycles. The second-order valence-electron chi connectivity index (χ2n) is 16.5. The van der Waals surface area contributed by atoms with Crippen molar-refractivity contribution in [2.24, 2.45) is 0 Å². The lowest BCUT2D eigenvalue weighted by Gasteiger charge is -2.20. The third kappa shape index (κ3) is 5.97. The molecule has 0 fully saturated rings. The van der Waals surface area contributed by atoms with Gasteiger partial charge in [0, 0.05) is 43.9 Å². The summed E-state index contributed by atoms with van der Waals surface area (Å²) in [6, 6.07) is 69.0. The molecule has 11 rings (SSSR count). The molecule has 0 radical (unpaired) electrons. The van der Waals surface area contributed by atoms with Crippen LogP contribution in [0.25, 0.3) is 100 Å². The maximum Gasteiger partial charge on any atom is 0.166 e. The van der Waals surface area contributed by atoms with Gasteiger partial charge < -0.3 is 9.13 Å². The van der Waals surface area contributed by atoms with Gasteiger partial charge in [-0.15, -0.1) is 0 Å². The van der Waals surface area contributed by atoms with Gasteiger partial charge >= 0.3 is 0 Å². The summed E-state index contributed by atoms with van der Waals surface area (Å²) in [6.45, 7) is 6.82. The molecule has 0 aliphatic heterocycles. The topological polar surface area (TPSA) is 48.5 Å². The van der Waals surface area contributed by atoms with Crippen LogP contribution in [0.3, 0.4) is 0 Å². The van der Waals surface area contributed by atoms with Crippen LogP contribution >= 0.6 is 0 Å². The fourth-order valence-corrected chi connectivity index (χ4v) is 8.72. The molecule has 60 heavy (non-hydrogen) atoms. The van der Waals surface area contributed by atoms with E-state index in [-0.39, 0.29) is 5.41 Å². The Morgan fingerprint density at radius 1 is 0.350 bits per heavy atom. The number of para-hydroxylation sites is 3. The van der Waals surface area contributed by atoms with Crippen LogP contribution in [0.15, 0.2) is 194 Å². The second-order valence-corrected chi connectivity index (χ2v) is 16.5. The zero-order valence-corrected chi connectivity index (χ0v) is 33.7. The minimum Gasteiger partial charge on any atom is -0.309 e. The summed E-state index contributed by atoms with van der Waals surface area (Å²) >= 11 is 0. The van der Waals surface area contributed by atoms with E-state index in [2.05, 4.69) is 188 Å². The maximum absolute atomic E-state index is 5.31. The van der Waals surface area contributed by atoms with Crippen LogP contribution in [0.1, 0.15) is 26.3 Å². The smallest absolute Gasteiger partial charge is 0.166 e. The lowest BCUT2D eigenvalue weighted by molar-refractivity contribution is 0.591. The Balaban J connectivity index is 1.21. The van der Waals surface area contributed by atoms with Crippen LogP contribution in [-0.2, 0) is 5.41 Å². The number of benzene rings is 8. The van der Waals surface area contributed by atoms with Crippen molar-refractivity contribution in [2.75, 3.05) is 0 Å². The average molecular weight is 772 g/mol. The predicted octanol–water partition coefficient (Wildman–Crippen LogP) is 14.0. The monoisotopic (exact) mass is 771 g/mol. The Morgan fingerprint density at radius 3 is 1.43 bits per heavy atom. The third-order valence-electron chi connectivity index (χ3n) is 11.7. The highest BCUT2D eigenvalue weighted by atomic mass is 15.1. The Hall–Kier alpha value is -7.63. The van der Waals surface area contributed by atoms with E-state index in [4.69, 9.17) is 15.0 Å². The van der Waals surface area contributed by atoms with Gasteiger partial charge in [0.05, 0.1) is 27.8 Å². The summed E-state index contributed by atoms with van der Waals surface area (Å²) in [4.78, 5) is 15.7. The maximum atomic E-state index is 5.31. The van der Waals surface area contributed by atoms with Gasteiger partial charge in [-0.3, -0.25) is 0 Å². The van der Waals surface area contributed by atoms with Crippen LogP contribution in [0, 0.1) is 0 Å². The van der Waals surface area contributed by atoms with E-state index >= 15 is 0 Å². The van der Waals surface area contributed by atoms with Crippen molar-refractivity contribution < 1.29 is 0 Å². The zero-order valence-electron chi connectivity index (χ0n) is 33.7. The molecule has 11 aromatic rings. The Morgan fingerprint density at radius 2 is 0.817 bits per heavy atom.